The monoisotopic (exact) mass is 370 g/mol. The number of amides is 1. The van der Waals surface area contributed by atoms with Crippen LogP contribution in [-0.4, -0.2) is 36.6 Å². The van der Waals surface area contributed by atoms with Gasteiger partial charge in [-0.2, -0.15) is 0 Å². The summed E-state index contributed by atoms with van der Waals surface area (Å²) in [6.07, 6.45) is 0. The van der Waals surface area contributed by atoms with Crippen LogP contribution in [0.4, 0.5) is 11.4 Å². The van der Waals surface area contributed by atoms with Gasteiger partial charge in [0.25, 0.3) is 5.91 Å². The lowest BCUT2D eigenvalue weighted by Crippen LogP contribution is -2.16. The van der Waals surface area contributed by atoms with E-state index >= 15 is 0 Å². The Morgan fingerprint density at radius 3 is 2.22 bits per heavy atom. The number of aromatic carboxylic acids is 1. The highest BCUT2D eigenvalue weighted by Gasteiger charge is 2.15. The van der Waals surface area contributed by atoms with Crippen LogP contribution in [0.1, 0.15) is 44.9 Å². The van der Waals surface area contributed by atoms with Crippen LogP contribution >= 0.6 is 0 Å². The van der Waals surface area contributed by atoms with Crippen molar-refractivity contribution in [3.63, 3.8) is 0 Å². The normalized spacial score (nSPS) is 10.4. The fourth-order valence-corrected chi connectivity index (χ4v) is 2.34. The Hall–Kier alpha value is -3.35. The van der Waals surface area contributed by atoms with Gasteiger partial charge in [0.1, 0.15) is 0 Å². The summed E-state index contributed by atoms with van der Waals surface area (Å²) in [6, 6.07) is 10.6. The number of methoxy groups -OCH3 is 1. The summed E-state index contributed by atoms with van der Waals surface area (Å²) in [5, 5.41) is 15.2. The van der Waals surface area contributed by atoms with Crippen molar-refractivity contribution in [1.29, 1.82) is 0 Å². The van der Waals surface area contributed by atoms with Crippen LogP contribution < -0.4 is 10.6 Å². The summed E-state index contributed by atoms with van der Waals surface area (Å²) in [7, 11) is 1.27. The largest absolute Gasteiger partial charge is 0.478 e. The zero-order valence-corrected chi connectivity index (χ0v) is 15.4. The van der Waals surface area contributed by atoms with E-state index in [1.165, 1.54) is 37.4 Å². The predicted octanol–water partition coefficient (Wildman–Crippen LogP) is 3.49. The first kappa shape index (κ1) is 20.0. The summed E-state index contributed by atoms with van der Waals surface area (Å²) in [5.74, 6) is -1.70. The topological polar surface area (TPSA) is 105 Å². The summed E-state index contributed by atoms with van der Waals surface area (Å²) in [4.78, 5) is 35.4. The molecule has 0 aromatic heterocycles. The van der Waals surface area contributed by atoms with Gasteiger partial charge in [-0.25, -0.2) is 9.59 Å². The molecule has 0 aliphatic heterocycles. The third-order valence-electron chi connectivity index (χ3n) is 3.78. The first-order chi connectivity index (χ1) is 12.8. The van der Waals surface area contributed by atoms with Crippen LogP contribution in [0.25, 0.3) is 0 Å². The number of carboxylic acids is 1. The smallest absolute Gasteiger partial charge is 0.337 e. The zero-order valence-electron chi connectivity index (χ0n) is 15.4. The lowest BCUT2D eigenvalue weighted by molar-refractivity contribution is 0.0599. The van der Waals surface area contributed by atoms with Gasteiger partial charge in [-0.05, 0) is 48.4 Å². The van der Waals surface area contributed by atoms with Crippen molar-refractivity contribution in [1.82, 2.24) is 0 Å². The molecule has 0 spiro atoms. The van der Waals surface area contributed by atoms with Crippen LogP contribution in [0.15, 0.2) is 42.5 Å². The van der Waals surface area contributed by atoms with Crippen molar-refractivity contribution < 1.29 is 24.2 Å². The molecule has 142 valence electrons. The summed E-state index contributed by atoms with van der Waals surface area (Å²) in [5.41, 5.74) is 1.51. The molecule has 0 unspecified atom stereocenters. The van der Waals surface area contributed by atoms with Gasteiger partial charge in [0.15, 0.2) is 0 Å². The molecule has 1 amide bonds. The van der Waals surface area contributed by atoms with Gasteiger partial charge < -0.3 is 20.5 Å². The van der Waals surface area contributed by atoms with Crippen LogP contribution in [0.5, 0.6) is 0 Å². The number of carbonyl (C=O) groups is 3. The number of nitrogens with one attached hydrogen (secondary N) is 2. The molecule has 0 atom stereocenters. The van der Waals surface area contributed by atoms with Gasteiger partial charge in [0.05, 0.1) is 23.9 Å². The fraction of sp³-hybridized carbons (Fsp3) is 0.250. The molecule has 3 N–H and O–H groups in total. The number of carboxylic acid groups (broad SMARTS) is 1. The third-order valence-corrected chi connectivity index (χ3v) is 3.78. The Bertz CT molecular complexity index is 844. The van der Waals surface area contributed by atoms with E-state index in [-0.39, 0.29) is 11.3 Å². The quantitative estimate of drug-likeness (QED) is 0.645. The van der Waals surface area contributed by atoms with Gasteiger partial charge in [-0.3, -0.25) is 4.79 Å². The van der Waals surface area contributed by atoms with Crippen LogP contribution in [-0.2, 0) is 4.74 Å². The molecule has 0 heterocycles. The number of rotatable bonds is 7. The third kappa shape index (κ3) is 5.31. The lowest BCUT2D eigenvalue weighted by atomic mass is 10.1. The molecule has 0 radical (unpaired) electrons. The molecular formula is C20H22N2O5. The molecule has 7 nitrogen and oxygen atoms in total. The second-order valence-corrected chi connectivity index (χ2v) is 6.36. The molecular weight excluding hydrogens is 348 g/mol. The first-order valence-electron chi connectivity index (χ1n) is 8.42. The van der Waals surface area contributed by atoms with Crippen molar-refractivity contribution in [3.8, 4) is 0 Å². The highest BCUT2D eigenvalue weighted by Crippen LogP contribution is 2.22. The molecule has 2 rings (SSSR count). The molecule has 2 aromatic carbocycles. The minimum Gasteiger partial charge on any atom is -0.478 e. The highest BCUT2D eigenvalue weighted by atomic mass is 16.5. The maximum atomic E-state index is 12.5. The van der Waals surface area contributed by atoms with Crippen LogP contribution in [0, 0.1) is 5.92 Å². The van der Waals surface area contributed by atoms with Crippen molar-refractivity contribution >= 4 is 29.2 Å². The van der Waals surface area contributed by atoms with E-state index in [2.05, 4.69) is 29.2 Å². The number of ether oxygens (including phenoxy) is 1. The average molecular weight is 370 g/mol. The van der Waals surface area contributed by atoms with E-state index in [1.807, 2.05) is 0 Å². The SMILES string of the molecule is COC(=O)c1ccc(C(=O)Nc2cc(NCC(C)C)ccc2C(=O)O)cc1. The molecule has 0 aliphatic carbocycles. The number of carbonyl (C=O) groups excluding carboxylic acids is 2. The van der Waals surface area contributed by atoms with Gasteiger partial charge in [-0.1, -0.05) is 13.8 Å². The standard InChI is InChI=1S/C20H22N2O5/c1-12(2)11-21-15-8-9-16(19(24)25)17(10-15)22-18(23)13-4-6-14(7-5-13)20(26)27-3/h4-10,12,21H,11H2,1-3H3,(H,22,23)(H,24,25). The number of benzene rings is 2. The minimum atomic E-state index is -1.14. The second kappa shape index (κ2) is 8.84. The van der Waals surface area contributed by atoms with E-state index in [1.54, 1.807) is 12.1 Å². The van der Waals surface area contributed by atoms with Crippen molar-refractivity contribution in [3.05, 3.63) is 59.2 Å². The summed E-state index contributed by atoms with van der Waals surface area (Å²) >= 11 is 0. The Morgan fingerprint density at radius 2 is 1.67 bits per heavy atom. The Labute approximate surface area is 157 Å². The molecule has 27 heavy (non-hydrogen) atoms. The van der Waals surface area contributed by atoms with E-state index in [0.717, 1.165) is 6.54 Å². The van der Waals surface area contributed by atoms with Gasteiger partial charge in [0, 0.05) is 17.8 Å². The van der Waals surface area contributed by atoms with Crippen molar-refractivity contribution in [2.75, 3.05) is 24.3 Å². The highest BCUT2D eigenvalue weighted by molar-refractivity contribution is 6.08. The van der Waals surface area contributed by atoms with Gasteiger partial charge in [0.2, 0.25) is 0 Å². The average Bonchev–Trinajstić information content (AvgIpc) is 2.65. The number of esters is 1. The van der Waals surface area contributed by atoms with E-state index in [9.17, 15) is 19.5 Å². The Balaban J connectivity index is 2.23. The summed E-state index contributed by atoms with van der Waals surface area (Å²) in [6.45, 7) is 4.83. The van der Waals surface area contributed by atoms with Gasteiger partial charge in [-0.15, -0.1) is 0 Å². The second-order valence-electron chi connectivity index (χ2n) is 6.36. The van der Waals surface area contributed by atoms with E-state index < -0.39 is 17.8 Å². The molecule has 0 fully saturated rings. The van der Waals surface area contributed by atoms with Crippen molar-refractivity contribution in [2.45, 2.75) is 13.8 Å². The molecule has 7 heteroatoms. The van der Waals surface area contributed by atoms with Crippen LogP contribution in [0.2, 0.25) is 0 Å². The minimum absolute atomic E-state index is 0.00960. The van der Waals surface area contributed by atoms with Gasteiger partial charge >= 0.3 is 11.9 Å². The number of hydrogen-bond acceptors (Lipinski definition) is 5. The zero-order chi connectivity index (χ0) is 20.0. The Morgan fingerprint density at radius 1 is 1.04 bits per heavy atom. The fourth-order valence-electron chi connectivity index (χ4n) is 2.34. The predicted molar refractivity (Wildman–Crippen MR) is 102 cm³/mol. The maximum Gasteiger partial charge on any atom is 0.337 e. The molecule has 2 aromatic rings. The lowest BCUT2D eigenvalue weighted by Gasteiger charge is -2.13. The van der Waals surface area contributed by atoms with Crippen molar-refractivity contribution in [2.24, 2.45) is 5.92 Å². The van der Waals surface area contributed by atoms with E-state index in [4.69, 9.17) is 0 Å². The molecule has 0 bridgehead atoms. The Kier molecular flexibility index (Phi) is 6.54. The number of anilines is 2. The summed E-state index contributed by atoms with van der Waals surface area (Å²) < 4.78 is 4.62. The molecule has 0 saturated carbocycles. The first-order valence-corrected chi connectivity index (χ1v) is 8.42. The number of hydrogen-bond donors (Lipinski definition) is 3. The van der Waals surface area contributed by atoms with Crippen LogP contribution in [0.3, 0.4) is 0 Å². The molecule has 0 saturated heterocycles. The van der Waals surface area contributed by atoms with E-state index in [0.29, 0.717) is 22.7 Å². The maximum absolute atomic E-state index is 12.5. The molecule has 0 aliphatic rings.